The predicted octanol–water partition coefficient (Wildman–Crippen LogP) is 10.3. The fourth-order valence-electron chi connectivity index (χ4n) is 6.33. The number of hydrogen-bond donors (Lipinski definition) is 0. The molecule has 0 unspecified atom stereocenters. The van der Waals surface area contributed by atoms with Crippen molar-refractivity contribution in [2.45, 2.75) is 154 Å². The Morgan fingerprint density at radius 3 is 0.922 bits per heavy atom. The molecule has 0 amide bonds. The Hall–Kier alpha value is -1.98. The molecule has 0 heterocycles. The van der Waals surface area contributed by atoms with Gasteiger partial charge < -0.3 is 37.0 Å². The average molecular weight is 947 g/mol. The van der Waals surface area contributed by atoms with Crippen molar-refractivity contribution in [1.82, 2.24) is 0 Å². The molecule has 0 atom stereocenters. The molecule has 0 bridgehead atoms. The molecule has 0 fully saturated rings. The van der Waals surface area contributed by atoms with Crippen LogP contribution in [0, 0.1) is 13.8 Å². The third-order valence-electron chi connectivity index (χ3n) is 10.7. The van der Waals surface area contributed by atoms with E-state index in [0.717, 1.165) is 86.0 Å². The van der Waals surface area contributed by atoms with Crippen molar-refractivity contribution in [2.75, 3.05) is 107 Å². The van der Waals surface area contributed by atoms with Crippen LogP contribution >= 0.6 is 0 Å². The number of hydrogen-bond acceptors (Lipinski definition) is 10. The van der Waals surface area contributed by atoms with Crippen molar-refractivity contribution in [3.63, 3.8) is 0 Å². The number of unbranched alkanes of at least 4 members (excludes halogenated alkanes) is 14. The Bertz CT molecular complexity index is 1440. The average Bonchev–Trinajstić information content (AvgIpc) is 3.23. The van der Waals surface area contributed by atoms with Gasteiger partial charge in [0.25, 0.3) is 0 Å². The van der Waals surface area contributed by atoms with Gasteiger partial charge in [-0.25, -0.2) is 16.8 Å². The third kappa shape index (κ3) is 42.6. The SMILES string of the molecule is CCCCCCCCCC[N+](C)(C)CCOCCOCC.CCCCCCCCCC[N+](C)(C)CCOCCOCC.Cc1ccc(S(=O)(=O)[O-])cc1.Cc1ccc(S(=O)(=O)[O-])cc1. The van der Waals surface area contributed by atoms with E-state index in [0.29, 0.717) is 0 Å². The molecule has 64 heavy (non-hydrogen) atoms. The van der Waals surface area contributed by atoms with Crippen molar-refractivity contribution in [1.29, 1.82) is 0 Å². The van der Waals surface area contributed by atoms with E-state index in [1.165, 1.54) is 140 Å². The maximum Gasteiger partial charge on any atom is 0.124 e. The molecule has 0 spiro atoms. The largest absolute Gasteiger partial charge is 0.744 e. The van der Waals surface area contributed by atoms with Crippen molar-refractivity contribution in [2.24, 2.45) is 0 Å². The van der Waals surface area contributed by atoms with E-state index in [9.17, 15) is 25.9 Å². The van der Waals surface area contributed by atoms with E-state index in [-0.39, 0.29) is 9.79 Å². The standard InChI is InChI=1S/2C18H40NO2.2C7H8O3S/c2*1-5-7-8-9-10-11-12-13-14-19(3,4)15-16-21-18-17-20-6-2;2*1-6-2-4-7(5-3-6)11(8,9)10/h2*5-18H2,1-4H3;2*2-5H,1H3,(H,8,9,10)/q2*+1;;/p-2. The van der Waals surface area contributed by atoms with Crippen LogP contribution in [-0.4, -0.2) is 142 Å². The predicted molar refractivity (Wildman–Crippen MR) is 262 cm³/mol. The summed E-state index contributed by atoms with van der Waals surface area (Å²) in [4.78, 5) is -0.355. The number of rotatable bonds is 34. The van der Waals surface area contributed by atoms with Crippen LogP contribution in [0.25, 0.3) is 0 Å². The number of aryl methyl sites for hydroxylation is 2. The van der Waals surface area contributed by atoms with Crippen LogP contribution in [0.3, 0.4) is 0 Å². The second-order valence-electron chi connectivity index (χ2n) is 17.9. The number of likely N-dealkylation sites (N-methyl/N-ethyl adjacent to an activating group) is 2. The first-order chi connectivity index (χ1) is 30.2. The van der Waals surface area contributed by atoms with E-state index in [1.807, 2.05) is 27.7 Å². The topological polar surface area (TPSA) is 151 Å². The van der Waals surface area contributed by atoms with Crippen LogP contribution in [-0.2, 0) is 39.2 Å². The maximum atomic E-state index is 10.4. The van der Waals surface area contributed by atoms with Gasteiger partial charge in [0.05, 0.1) is 90.7 Å². The minimum atomic E-state index is -4.27. The summed E-state index contributed by atoms with van der Waals surface area (Å²) in [5.74, 6) is 0. The van der Waals surface area contributed by atoms with Crippen LogP contribution < -0.4 is 0 Å². The van der Waals surface area contributed by atoms with Gasteiger partial charge in [-0.05, 0) is 77.6 Å². The molecule has 0 aliphatic heterocycles. The zero-order chi connectivity index (χ0) is 48.6. The molecule has 376 valence electrons. The maximum absolute atomic E-state index is 10.4. The first-order valence-corrected chi connectivity index (χ1v) is 27.1. The van der Waals surface area contributed by atoms with Gasteiger partial charge in [-0.3, -0.25) is 0 Å². The molecular weight excluding hydrogens is 853 g/mol. The normalized spacial score (nSPS) is 11.8. The van der Waals surface area contributed by atoms with Gasteiger partial charge in [-0.15, -0.1) is 0 Å². The molecule has 2 aromatic rings. The number of ether oxygens (including phenoxy) is 4. The van der Waals surface area contributed by atoms with E-state index in [2.05, 4.69) is 42.0 Å². The fraction of sp³-hybridized carbons (Fsp3) is 0.760. The summed E-state index contributed by atoms with van der Waals surface area (Å²) in [5, 5.41) is 0. The molecule has 0 aliphatic carbocycles. The summed E-state index contributed by atoms with van der Waals surface area (Å²) in [6.07, 6.45) is 22.4. The van der Waals surface area contributed by atoms with Crippen LogP contribution in [0.15, 0.2) is 58.3 Å². The summed E-state index contributed by atoms with van der Waals surface area (Å²) in [6, 6.07) is 11.6. The Balaban J connectivity index is 0. The zero-order valence-corrected chi connectivity index (χ0v) is 43.8. The molecule has 14 heteroatoms. The molecule has 0 aliphatic rings. The quantitative estimate of drug-likeness (QED) is 0.0377. The van der Waals surface area contributed by atoms with Gasteiger partial charge in [0.2, 0.25) is 0 Å². The van der Waals surface area contributed by atoms with Crippen LogP contribution in [0.2, 0.25) is 0 Å². The van der Waals surface area contributed by atoms with E-state index >= 15 is 0 Å². The molecular formula is C50H94N2O10S2. The minimum absolute atomic E-state index is 0.178. The highest BCUT2D eigenvalue weighted by molar-refractivity contribution is 7.86. The summed E-state index contributed by atoms with van der Waals surface area (Å²) in [7, 11) is 0.711. The lowest BCUT2D eigenvalue weighted by Gasteiger charge is -2.29. The molecule has 0 aromatic heterocycles. The Labute approximate surface area is 393 Å². The van der Waals surface area contributed by atoms with E-state index in [4.69, 9.17) is 18.9 Å². The lowest BCUT2D eigenvalue weighted by Crippen LogP contribution is -2.43. The molecule has 0 saturated heterocycles. The molecule has 0 N–H and O–H groups in total. The molecule has 12 nitrogen and oxygen atoms in total. The second kappa shape index (κ2) is 40.1. The van der Waals surface area contributed by atoms with E-state index in [1.54, 1.807) is 24.3 Å². The number of benzene rings is 2. The van der Waals surface area contributed by atoms with Gasteiger partial charge in [-0.1, -0.05) is 126 Å². The molecule has 0 radical (unpaired) electrons. The molecule has 0 saturated carbocycles. The number of quaternary nitrogens is 2. The molecule has 2 aromatic carbocycles. The first-order valence-electron chi connectivity index (χ1n) is 24.2. The Kier molecular flexibility index (Phi) is 40.2. The highest BCUT2D eigenvalue weighted by Gasteiger charge is 2.15. The monoisotopic (exact) mass is 947 g/mol. The van der Waals surface area contributed by atoms with Crippen molar-refractivity contribution >= 4 is 20.2 Å². The third-order valence-corrected chi connectivity index (χ3v) is 12.4. The fourth-order valence-corrected chi connectivity index (χ4v) is 7.27. The highest BCUT2D eigenvalue weighted by atomic mass is 32.2. The lowest BCUT2D eigenvalue weighted by atomic mass is 10.1. The highest BCUT2D eigenvalue weighted by Crippen LogP contribution is 2.13. The summed E-state index contributed by atoms with van der Waals surface area (Å²) >= 11 is 0. The first kappa shape index (κ1) is 64.1. The van der Waals surface area contributed by atoms with Gasteiger partial charge >= 0.3 is 0 Å². The molecule has 2 rings (SSSR count). The van der Waals surface area contributed by atoms with Crippen LogP contribution in [0.4, 0.5) is 0 Å². The summed E-state index contributed by atoms with van der Waals surface area (Å²) in [6.45, 7) is 23.1. The van der Waals surface area contributed by atoms with Gasteiger partial charge in [0, 0.05) is 13.2 Å². The summed E-state index contributed by atoms with van der Waals surface area (Å²) in [5.41, 5.74) is 1.86. The van der Waals surface area contributed by atoms with Crippen LogP contribution in [0.5, 0.6) is 0 Å². The Morgan fingerprint density at radius 1 is 0.391 bits per heavy atom. The Morgan fingerprint density at radius 2 is 0.656 bits per heavy atom. The lowest BCUT2D eigenvalue weighted by molar-refractivity contribution is -0.891. The summed E-state index contributed by atoms with van der Waals surface area (Å²) < 4.78 is 86.2. The van der Waals surface area contributed by atoms with Crippen molar-refractivity contribution in [3.8, 4) is 0 Å². The van der Waals surface area contributed by atoms with Gasteiger partial charge in [-0.2, -0.15) is 0 Å². The van der Waals surface area contributed by atoms with E-state index < -0.39 is 20.2 Å². The van der Waals surface area contributed by atoms with Gasteiger partial charge in [0.1, 0.15) is 33.3 Å². The van der Waals surface area contributed by atoms with Crippen molar-refractivity contribution in [3.05, 3.63) is 59.7 Å². The smallest absolute Gasteiger partial charge is 0.124 e. The van der Waals surface area contributed by atoms with Crippen molar-refractivity contribution < 1.29 is 53.9 Å². The minimum Gasteiger partial charge on any atom is -0.744 e. The van der Waals surface area contributed by atoms with Gasteiger partial charge in [0.15, 0.2) is 0 Å². The second-order valence-corrected chi connectivity index (χ2v) is 20.6. The van der Waals surface area contributed by atoms with Crippen LogP contribution in [0.1, 0.15) is 142 Å². The number of nitrogens with zero attached hydrogens (tertiary/aromatic N) is 2. The zero-order valence-electron chi connectivity index (χ0n) is 42.2.